The molecule has 2 N–H and O–H groups in total. The van der Waals surface area contributed by atoms with Gasteiger partial charge in [-0.2, -0.15) is 0 Å². The van der Waals surface area contributed by atoms with Crippen molar-refractivity contribution in [1.29, 1.82) is 0 Å². The van der Waals surface area contributed by atoms with Crippen LogP contribution in [0.25, 0.3) is 0 Å². The van der Waals surface area contributed by atoms with Gasteiger partial charge in [-0.1, -0.05) is 6.07 Å². The minimum atomic E-state index is -0.669. The van der Waals surface area contributed by atoms with Gasteiger partial charge in [0.1, 0.15) is 11.6 Å². The van der Waals surface area contributed by atoms with Crippen molar-refractivity contribution >= 4 is 29.0 Å². The Labute approximate surface area is 156 Å². The highest BCUT2D eigenvalue weighted by atomic mass is 19.1. The molecular weight excluding hydrogens is 347 g/mol. The van der Waals surface area contributed by atoms with Gasteiger partial charge in [0.25, 0.3) is 0 Å². The van der Waals surface area contributed by atoms with Crippen molar-refractivity contribution in [3.63, 3.8) is 0 Å². The van der Waals surface area contributed by atoms with Crippen molar-refractivity contribution in [3.05, 3.63) is 47.9 Å². The molecule has 1 unspecified atom stereocenters. The lowest BCUT2D eigenvalue weighted by Gasteiger charge is -2.28. The van der Waals surface area contributed by atoms with E-state index in [0.717, 1.165) is 18.8 Å². The smallest absolute Gasteiger partial charge is 0.233 e. The second-order valence-corrected chi connectivity index (χ2v) is 6.98. The topological polar surface area (TPSA) is 74.3 Å². The predicted molar refractivity (Wildman–Crippen MR) is 101 cm³/mol. The van der Waals surface area contributed by atoms with Crippen LogP contribution in [0, 0.1) is 5.82 Å². The highest BCUT2D eigenvalue weighted by Crippen LogP contribution is 2.33. The van der Waals surface area contributed by atoms with E-state index < -0.39 is 11.7 Å². The molecule has 0 radical (unpaired) electrons. The van der Waals surface area contributed by atoms with Crippen molar-refractivity contribution in [2.24, 2.45) is 0 Å². The number of fused-ring (bicyclic) bond motifs is 1. The summed E-state index contributed by atoms with van der Waals surface area (Å²) in [7, 11) is 0. The summed E-state index contributed by atoms with van der Waals surface area (Å²) in [6.07, 6.45) is 5.41. The monoisotopic (exact) mass is 368 g/mol. The molecule has 27 heavy (non-hydrogen) atoms. The first kappa shape index (κ1) is 17.5. The molecule has 1 atom stereocenters. The van der Waals surface area contributed by atoms with Gasteiger partial charge in [0, 0.05) is 25.2 Å². The summed E-state index contributed by atoms with van der Waals surface area (Å²) in [6.45, 7) is 2.05. The van der Waals surface area contributed by atoms with Gasteiger partial charge in [-0.25, -0.2) is 9.37 Å². The molecule has 0 spiro atoms. The summed E-state index contributed by atoms with van der Waals surface area (Å²) in [6, 6.07) is 7.79. The van der Waals surface area contributed by atoms with Crippen LogP contribution in [0.3, 0.4) is 0 Å². The van der Waals surface area contributed by atoms with Gasteiger partial charge in [-0.05, 0) is 49.1 Å². The number of piperidine rings is 1. The Bertz CT molecular complexity index is 863. The van der Waals surface area contributed by atoms with E-state index in [-0.39, 0.29) is 18.2 Å². The second kappa shape index (κ2) is 7.34. The lowest BCUT2D eigenvalue weighted by atomic mass is 9.89. The number of anilines is 3. The van der Waals surface area contributed by atoms with E-state index in [0.29, 0.717) is 17.1 Å². The van der Waals surface area contributed by atoms with Gasteiger partial charge < -0.3 is 15.5 Å². The molecule has 4 rings (SSSR count). The maximum Gasteiger partial charge on any atom is 0.233 e. The minimum Gasteiger partial charge on any atom is -0.370 e. The predicted octanol–water partition coefficient (Wildman–Crippen LogP) is 3.28. The van der Waals surface area contributed by atoms with E-state index in [1.807, 2.05) is 6.07 Å². The minimum absolute atomic E-state index is 0.0241. The van der Waals surface area contributed by atoms with Crippen molar-refractivity contribution < 1.29 is 14.0 Å². The molecule has 7 heteroatoms. The van der Waals surface area contributed by atoms with Gasteiger partial charge in [0.05, 0.1) is 17.8 Å². The number of carbonyl (C=O) groups is 2. The Morgan fingerprint density at radius 3 is 2.74 bits per heavy atom. The number of nitrogens with one attached hydrogen (secondary N) is 2. The zero-order valence-electron chi connectivity index (χ0n) is 14.9. The second-order valence-electron chi connectivity index (χ2n) is 6.98. The summed E-state index contributed by atoms with van der Waals surface area (Å²) in [5.74, 6) is -1.31. The number of amides is 2. The average molecular weight is 368 g/mol. The number of benzene rings is 1. The molecule has 0 saturated carbocycles. The van der Waals surface area contributed by atoms with Crippen molar-refractivity contribution in [1.82, 2.24) is 4.98 Å². The van der Waals surface area contributed by atoms with Gasteiger partial charge in [-0.3, -0.25) is 9.59 Å². The van der Waals surface area contributed by atoms with E-state index in [9.17, 15) is 14.0 Å². The van der Waals surface area contributed by atoms with Crippen molar-refractivity contribution in [2.75, 3.05) is 28.6 Å². The normalized spacial score (nSPS) is 19.2. The molecule has 140 valence electrons. The van der Waals surface area contributed by atoms with Crippen molar-refractivity contribution in [2.45, 2.75) is 31.6 Å². The molecule has 2 amide bonds. The van der Waals surface area contributed by atoms with Gasteiger partial charge in [0.2, 0.25) is 11.8 Å². The van der Waals surface area contributed by atoms with Crippen LogP contribution in [0.4, 0.5) is 21.6 Å². The molecule has 2 aliphatic heterocycles. The number of nitrogens with zero attached hydrogens (tertiary/aromatic N) is 2. The number of hydrogen-bond acceptors (Lipinski definition) is 4. The standard InChI is InChI=1S/C20H21FN4O2/c21-13-4-6-15-16(11-19(26)23-17(15)10-13)20(27)24-18-7-5-14(12-22-18)25-8-2-1-3-9-25/h4-7,10,12,16H,1-3,8-9,11H2,(H,23,26)(H,22,24,27). The van der Waals surface area contributed by atoms with Crippen LogP contribution in [-0.4, -0.2) is 29.9 Å². The summed E-state index contributed by atoms with van der Waals surface area (Å²) in [5.41, 5.74) is 2.00. The van der Waals surface area contributed by atoms with Crippen LogP contribution in [0.1, 0.15) is 37.2 Å². The van der Waals surface area contributed by atoms with E-state index >= 15 is 0 Å². The van der Waals surface area contributed by atoms with Crippen LogP contribution in [-0.2, 0) is 9.59 Å². The summed E-state index contributed by atoms with van der Waals surface area (Å²) < 4.78 is 13.4. The maximum atomic E-state index is 13.4. The van der Waals surface area contributed by atoms with E-state index in [1.54, 1.807) is 18.3 Å². The molecule has 2 aliphatic rings. The lowest BCUT2D eigenvalue weighted by Crippen LogP contribution is -2.31. The average Bonchev–Trinajstić information content (AvgIpc) is 2.68. The zero-order valence-corrected chi connectivity index (χ0v) is 14.9. The maximum absolute atomic E-state index is 13.4. The number of carbonyl (C=O) groups excluding carboxylic acids is 2. The summed E-state index contributed by atoms with van der Waals surface area (Å²) >= 11 is 0. The van der Waals surface area contributed by atoms with Crippen molar-refractivity contribution in [3.8, 4) is 0 Å². The molecule has 0 bridgehead atoms. The Kier molecular flexibility index (Phi) is 4.75. The lowest BCUT2D eigenvalue weighted by molar-refractivity contribution is -0.123. The molecule has 1 aromatic heterocycles. The van der Waals surface area contributed by atoms with Gasteiger partial charge in [0.15, 0.2) is 0 Å². The quantitative estimate of drug-likeness (QED) is 0.872. The molecular formula is C20H21FN4O2. The number of halogens is 1. The first-order chi connectivity index (χ1) is 13.1. The SMILES string of the molecule is O=C1CC(C(=O)Nc2ccc(N3CCCCC3)cn2)c2ccc(F)cc2N1. The van der Waals surface area contributed by atoms with Gasteiger partial charge in [-0.15, -0.1) is 0 Å². The van der Waals surface area contributed by atoms with E-state index in [4.69, 9.17) is 0 Å². The van der Waals surface area contributed by atoms with E-state index in [1.165, 1.54) is 31.4 Å². The summed E-state index contributed by atoms with van der Waals surface area (Å²) in [4.78, 5) is 31.2. The molecule has 1 aromatic carbocycles. The fourth-order valence-electron chi connectivity index (χ4n) is 3.68. The third-order valence-corrected chi connectivity index (χ3v) is 5.09. The summed E-state index contributed by atoms with van der Waals surface area (Å²) in [5, 5.41) is 5.39. The highest BCUT2D eigenvalue weighted by Gasteiger charge is 2.31. The third kappa shape index (κ3) is 3.77. The molecule has 0 aliphatic carbocycles. The highest BCUT2D eigenvalue weighted by molar-refractivity contribution is 6.04. The fourth-order valence-corrected chi connectivity index (χ4v) is 3.68. The molecule has 6 nitrogen and oxygen atoms in total. The fraction of sp³-hybridized carbons (Fsp3) is 0.350. The Hall–Kier alpha value is -2.96. The zero-order chi connectivity index (χ0) is 18.8. The van der Waals surface area contributed by atoms with Crippen LogP contribution in [0.2, 0.25) is 0 Å². The van der Waals surface area contributed by atoms with Gasteiger partial charge >= 0.3 is 0 Å². The van der Waals surface area contributed by atoms with E-state index in [2.05, 4.69) is 20.5 Å². The number of aromatic nitrogens is 1. The Morgan fingerprint density at radius 1 is 1.19 bits per heavy atom. The largest absolute Gasteiger partial charge is 0.370 e. The first-order valence-corrected chi connectivity index (χ1v) is 9.21. The third-order valence-electron chi connectivity index (χ3n) is 5.09. The van der Waals surface area contributed by atoms with Crippen LogP contribution in [0.5, 0.6) is 0 Å². The molecule has 1 saturated heterocycles. The number of hydrogen-bond donors (Lipinski definition) is 2. The molecule has 3 heterocycles. The van der Waals surface area contributed by atoms with Crippen LogP contribution >= 0.6 is 0 Å². The first-order valence-electron chi connectivity index (χ1n) is 9.21. The molecule has 1 fully saturated rings. The van der Waals surface area contributed by atoms with Crippen LogP contribution < -0.4 is 15.5 Å². The number of rotatable bonds is 3. The van der Waals surface area contributed by atoms with Crippen LogP contribution in [0.15, 0.2) is 36.5 Å². The number of pyridine rings is 1. The molecule has 2 aromatic rings. The Morgan fingerprint density at radius 2 is 2.00 bits per heavy atom. The Balaban J connectivity index is 1.48.